The molecule has 0 spiro atoms. The van der Waals surface area contributed by atoms with Gasteiger partial charge in [0, 0.05) is 11.6 Å². The summed E-state index contributed by atoms with van der Waals surface area (Å²) in [6, 6.07) is 9.93. The van der Waals surface area contributed by atoms with Gasteiger partial charge in [0.2, 0.25) is 0 Å². The van der Waals surface area contributed by atoms with E-state index in [0.29, 0.717) is 18.7 Å². The number of para-hydroxylation sites is 1. The lowest BCUT2D eigenvalue weighted by Gasteiger charge is -2.38. The minimum atomic E-state index is -0.621. The number of fused-ring (bicyclic) bond motifs is 1. The maximum absolute atomic E-state index is 11.3. The summed E-state index contributed by atoms with van der Waals surface area (Å²) in [5, 5.41) is 14.1. The summed E-state index contributed by atoms with van der Waals surface area (Å²) in [5.41, 5.74) is 7.34. The van der Waals surface area contributed by atoms with Crippen molar-refractivity contribution in [3.63, 3.8) is 0 Å². The molecular weight excluding hydrogens is 330 g/mol. The number of rotatable bonds is 5. The molecule has 7 nitrogen and oxygen atoms in total. The zero-order valence-corrected chi connectivity index (χ0v) is 14.0. The number of pyridine rings is 1. The van der Waals surface area contributed by atoms with Crippen molar-refractivity contribution in [1.29, 1.82) is 0 Å². The first-order valence-electron chi connectivity index (χ1n) is 8.51. The monoisotopic (exact) mass is 349 g/mol. The summed E-state index contributed by atoms with van der Waals surface area (Å²) in [4.78, 5) is 24.1. The van der Waals surface area contributed by atoms with Crippen molar-refractivity contribution >= 4 is 22.6 Å². The van der Waals surface area contributed by atoms with Gasteiger partial charge in [0.25, 0.3) is 5.91 Å². The molecule has 26 heavy (non-hydrogen) atoms. The lowest BCUT2D eigenvalue weighted by atomic mass is 9.75. The zero-order chi connectivity index (χ0) is 18.1. The van der Waals surface area contributed by atoms with Crippen molar-refractivity contribution in [2.24, 2.45) is 11.7 Å². The van der Waals surface area contributed by atoms with Gasteiger partial charge in [-0.3, -0.25) is 14.8 Å². The highest BCUT2D eigenvalue weighted by atomic mass is 16.3. The summed E-state index contributed by atoms with van der Waals surface area (Å²) in [5.74, 6) is 0.0944. The zero-order valence-electron chi connectivity index (χ0n) is 14.0. The van der Waals surface area contributed by atoms with Gasteiger partial charge in [0.05, 0.1) is 30.1 Å². The van der Waals surface area contributed by atoms with Gasteiger partial charge in [0.1, 0.15) is 11.5 Å². The van der Waals surface area contributed by atoms with Crippen LogP contribution in [0.25, 0.3) is 10.9 Å². The summed E-state index contributed by atoms with van der Waals surface area (Å²) in [6.07, 6.45) is 5.87. The first kappa shape index (κ1) is 16.4. The number of nitrogens with two attached hydrogens (primary N) is 1. The number of aliphatic hydroxyl groups is 1. The number of hydrogen-bond acceptors (Lipinski definition) is 6. The number of carbonyl (C=O) groups excluding carboxylic acids is 1. The second-order valence-corrected chi connectivity index (χ2v) is 6.62. The van der Waals surface area contributed by atoms with Crippen molar-refractivity contribution in [3.8, 4) is 0 Å². The molecule has 7 heteroatoms. The molecule has 132 valence electrons. The standard InChI is InChI=1S/C19H19N5O2/c20-19(26)16-9-21-10-17(23-16)24-18(12-6-14(25)7-12)13-5-11-3-1-2-4-15(11)22-8-13/h1-5,8-10,12,14,18,25H,6-7H2,(H2,20,26)(H,23,24). The van der Waals surface area contributed by atoms with E-state index in [1.54, 1.807) is 6.20 Å². The Balaban J connectivity index is 1.67. The predicted octanol–water partition coefficient (Wildman–Crippen LogP) is 2.05. The lowest BCUT2D eigenvalue weighted by molar-refractivity contribution is 0.0339. The second-order valence-electron chi connectivity index (χ2n) is 6.62. The molecular formula is C19H19N5O2. The van der Waals surface area contributed by atoms with Gasteiger partial charge in [-0.05, 0) is 36.5 Å². The predicted molar refractivity (Wildman–Crippen MR) is 97.4 cm³/mol. The van der Waals surface area contributed by atoms with Gasteiger partial charge in [-0.25, -0.2) is 4.98 Å². The number of anilines is 1. The first-order valence-corrected chi connectivity index (χ1v) is 8.51. The minimum Gasteiger partial charge on any atom is -0.393 e. The third-order valence-electron chi connectivity index (χ3n) is 4.78. The lowest BCUT2D eigenvalue weighted by Crippen LogP contribution is -2.36. The average Bonchev–Trinajstić information content (AvgIpc) is 2.63. The molecule has 0 bridgehead atoms. The van der Waals surface area contributed by atoms with Crippen LogP contribution < -0.4 is 11.1 Å². The van der Waals surface area contributed by atoms with E-state index >= 15 is 0 Å². The van der Waals surface area contributed by atoms with Gasteiger partial charge in [0.15, 0.2) is 0 Å². The largest absolute Gasteiger partial charge is 0.393 e. The van der Waals surface area contributed by atoms with Gasteiger partial charge < -0.3 is 16.2 Å². The van der Waals surface area contributed by atoms with Crippen LogP contribution in [0.15, 0.2) is 48.9 Å². The second kappa shape index (κ2) is 6.68. The van der Waals surface area contributed by atoms with E-state index in [1.807, 2.05) is 30.5 Å². The maximum Gasteiger partial charge on any atom is 0.268 e. The fraction of sp³-hybridized carbons (Fsp3) is 0.263. The number of hydrogen-bond donors (Lipinski definition) is 3. The molecule has 1 aliphatic rings. The molecule has 3 aromatic rings. The first-order chi connectivity index (χ1) is 12.6. The van der Waals surface area contributed by atoms with E-state index in [4.69, 9.17) is 5.73 Å². The molecule has 1 amide bonds. The van der Waals surface area contributed by atoms with E-state index in [9.17, 15) is 9.90 Å². The number of amides is 1. The summed E-state index contributed by atoms with van der Waals surface area (Å²) in [6.45, 7) is 0. The van der Waals surface area contributed by atoms with E-state index in [1.165, 1.54) is 6.20 Å². The Morgan fingerprint density at radius 2 is 2.04 bits per heavy atom. The van der Waals surface area contributed by atoms with Gasteiger partial charge in [-0.15, -0.1) is 0 Å². The fourth-order valence-corrected chi connectivity index (χ4v) is 3.35. The van der Waals surface area contributed by atoms with Gasteiger partial charge in [-0.1, -0.05) is 18.2 Å². The Morgan fingerprint density at radius 3 is 2.81 bits per heavy atom. The molecule has 1 atom stereocenters. The van der Waals surface area contributed by atoms with E-state index in [0.717, 1.165) is 16.5 Å². The summed E-state index contributed by atoms with van der Waals surface area (Å²) in [7, 11) is 0. The topological polar surface area (TPSA) is 114 Å². The van der Waals surface area contributed by atoms with Crippen LogP contribution in [0.5, 0.6) is 0 Å². The average molecular weight is 349 g/mol. The normalized spacial score (nSPS) is 20.3. The van der Waals surface area contributed by atoms with Crippen molar-refractivity contribution in [3.05, 3.63) is 60.2 Å². The molecule has 4 N–H and O–H groups in total. The highest BCUT2D eigenvalue weighted by Crippen LogP contribution is 2.40. The molecule has 1 unspecified atom stereocenters. The van der Waals surface area contributed by atoms with E-state index < -0.39 is 5.91 Å². The van der Waals surface area contributed by atoms with Crippen LogP contribution in [0.2, 0.25) is 0 Å². The molecule has 1 aliphatic carbocycles. The molecule has 2 heterocycles. The molecule has 1 fully saturated rings. The van der Waals surface area contributed by atoms with E-state index in [2.05, 4.69) is 26.3 Å². The van der Waals surface area contributed by atoms with Crippen LogP contribution >= 0.6 is 0 Å². The van der Waals surface area contributed by atoms with Crippen molar-refractivity contribution in [1.82, 2.24) is 15.0 Å². The molecule has 0 saturated heterocycles. The Labute approximate surface area is 150 Å². The molecule has 1 saturated carbocycles. The van der Waals surface area contributed by atoms with Gasteiger partial charge in [-0.2, -0.15) is 0 Å². The third kappa shape index (κ3) is 3.21. The smallest absolute Gasteiger partial charge is 0.268 e. The number of carbonyl (C=O) groups is 1. The quantitative estimate of drug-likeness (QED) is 0.649. The number of nitrogens with one attached hydrogen (secondary N) is 1. The SMILES string of the molecule is NC(=O)c1cncc(NC(c2cnc3ccccc3c2)C2CC(O)C2)n1. The molecule has 1 aromatic carbocycles. The number of primary amides is 1. The van der Waals surface area contributed by atoms with Crippen molar-refractivity contribution in [2.45, 2.75) is 25.0 Å². The Hall–Kier alpha value is -3.06. The van der Waals surface area contributed by atoms with Crippen molar-refractivity contribution < 1.29 is 9.90 Å². The third-order valence-corrected chi connectivity index (χ3v) is 4.78. The van der Waals surface area contributed by atoms with Crippen LogP contribution in [0, 0.1) is 5.92 Å². The van der Waals surface area contributed by atoms with Crippen LogP contribution in [0.1, 0.15) is 34.9 Å². The van der Waals surface area contributed by atoms with Crippen molar-refractivity contribution in [2.75, 3.05) is 5.32 Å². The number of benzene rings is 1. The maximum atomic E-state index is 11.3. The van der Waals surface area contributed by atoms with Crippen LogP contribution in [0.4, 0.5) is 5.82 Å². The minimum absolute atomic E-state index is 0.0899. The highest BCUT2D eigenvalue weighted by Gasteiger charge is 2.35. The molecule has 0 aliphatic heterocycles. The number of aliphatic hydroxyl groups excluding tert-OH is 1. The Kier molecular flexibility index (Phi) is 4.22. The number of aromatic nitrogens is 3. The van der Waals surface area contributed by atoms with E-state index in [-0.39, 0.29) is 23.8 Å². The molecule has 2 aromatic heterocycles. The summed E-state index contributed by atoms with van der Waals surface area (Å²) < 4.78 is 0. The molecule has 0 radical (unpaired) electrons. The van der Waals surface area contributed by atoms with Gasteiger partial charge >= 0.3 is 0 Å². The highest BCUT2D eigenvalue weighted by molar-refractivity contribution is 5.90. The number of nitrogens with zero attached hydrogens (tertiary/aromatic N) is 3. The fourth-order valence-electron chi connectivity index (χ4n) is 3.35. The van der Waals surface area contributed by atoms with Crippen LogP contribution in [-0.4, -0.2) is 32.1 Å². The Bertz CT molecular complexity index is 955. The van der Waals surface area contributed by atoms with Crippen LogP contribution in [0.3, 0.4) is 0 Å². The summed E-state index contributed by atoms with van der Waals surface area (Å²) >= 11 is 0. The molecule has 4 rings (SSSR count). The van der Waals surface area contributed by atoms with Crippen LogP contribution in [-0.2, 0) is 0 Å². The Morgan fingerprint density at radius 1 is 1.23 bits per heavy atom.